The Labute approximate surface area is 98.8 Å². The molecule has 0 atom stereocenters. The lowest BCUT2D eigenvalue weighted by Crippen LogP contribution is -2.40. The highest BCUT2D eigenvalue weighted by Gasteiger charge is 2.16. The van der Waals surface area contributed by atoms with Gasteiger partial charge in [-0.2, -0.15) is 0 Å². The van der Waals surface area contributed by atoms with Crippen LogP contribution in [0.25, 0.3) is 0 Å². The zero-order valence-corrected chi connectivity index (χ0v) is 10.3. The zero-order chi connectivity index (χ0) is 11.6. The van der Waals surface area contributed by atoms with Crippen LogP contribution in [0.2, 0.25) is 10.3 Å². The van der Waals surface area contributed by atoms with Crippen molar-refractivity contribution < 1.29 is 4.79 Å². The first-order valence-corrected chi connectivity index (χ1v) is 5.19. The van der Waals surface area contributed by atoms with Crippen LogP contribution >= 0.6 is 23.2 Å². The van der Waals surface area contributed by atoms with Gasteiger partial charge in [-0.3, -0.25) is 4.79 Å². The second-order valence-corrected chi connectivity index (χ2v) is 4.98. The average molecular weight is 247 g/mol. The molecule has 0 aliphatic rings. The molecular formula is C10H12Cl2N2O. The van der Waals surface area contributed by atoms with Gasteiger partial charge in [-0.05, 0) is 32.9 Å². The summed E-state index contributed by atoms with van der Waals surface area (Å²) in [4.78, 5) is 15.5. The van der Waals surface area contributed by atoms with Gasteiger partial charge in [0.25, 0.3) is 5.91 Å². The number of hydrogen-bond donors (Lipinski definition) is 1. The Hall–Kier alpha value is -0.800. The van der Waals surface area contributed by atoms with Gasteiger partial charge in [-0.25, -0.2) is 4.98 Å². The van der Waals surface area contributed by atoms with E-state index < -0.39 is 0 Å². The Morgan fingerprint density at radius 2 is 1.73 bits per heavy atom. The van der Waals surface area contributed by atoms with Crippen molar-refractivity contribution in [2.75, 3.05) is 0 Å². The minimum absolute atomic E-state index is 0.210. The molecule has 0 radical (unpaired) electrons. The van der Waals surface area contributed by atoms with E-state index in [9.17, 15) is 4.79 Å². The summed E-state index contributed by atoms with van der Waals surface area (Å²) in [6.07, 6.45) is 0. The van der Waals surface area contributed by atoms with Gasteiger partial charge in [-0.1, -0.05) is 23.2 Å². The standard InChI is InChI=1S/C10H12Cl2N2O/c1-10(2,3)14-9(15)6-4-7(11)13-8(12)5-6/h4-5H,1-3H3,(H,14,15). The third-order valence-corrected chi connectivity index (χ3v) is 1.90. The molecule has 0 saturated heterocycles. The van der Waals surface area contributed by atoms with Crippen LogP contribution in [0.1, 0.15) is 31.1 Å². The molecule has 0 saturated carbocycles. The smallest absolute Gasteiger partial charge is 0.251 e. The molecule has 5 heteroatoms. The Bertz CT molecular complexity index is 365. The molecule has 15 heavy (non-hydrogen) atoms. The van der Waals surface area contributed by atoms with E-state index in [-0.39, 0.29) is 21.8 Å². The number of halogens is 2. The topological polar surface area (TPSA) is 42.0 Å². The van der Waals surface area contributed by atoms with Crippen LogP contribution in [0, 0.1) is 0 Å². The molecule has 1 aromatic heterocycles. The van der Waals surface area contributed by atoms with Crippen LogP contribution in [-0.4, -0.2) is 16.4 Å². The van der Waals surface area contributed by atoms with E-state index in [0.29, 0.717) is 5.56 Å². The van der Waals surface area contributed by atoms with Crippen molar-refractivity contribution in [3.63, 3.8) is 0 Å². The minimum atomic E-state index is -0.292. The minimum Gasteiger partial charge on any atom is -0.347 e. The summed E-state index contributed by atoms with van der Waals surface area (Å²) in [5, 5.41) is 3.23. The number of hydrogen-bond acceptors (Lipinski definition) is 2. The lowest BCUT2D eigenvalue weighted by atomic mass is 10.1. The first kappa shape index (κ1) is 12.3. The number of aromatic nitrogens is 1. The molecule has 0 aromatic carbocycles. The Morgan fingerprint density at radius 3 is 2.13 bits per heavy atom. The Balaban J connectivity index is 2.92. The maximum absolute atomic E-state index is 11.7. The molecule has 0 spiro atoms. The fraction of sp³-hybridized carbons (Fsp3) is 0.400. The van der Waals surface area contributed by atoms with E-state index in [0.717, 1.165) is 0 Å². The molecule has 3 nitrogen and oxygen atoms in total. The number of carbonyl (C=O) groups is 1. The molecule has 1 aromatic rings. The number of nitrogens with zero attached hydrogens (tertiary/aromatic N) is 1. The summed E-state index contributed by atoms with van der Waals surface area (Å²) in [7, 11) is 0. The number of pyridine rings is 1. The molecule has 0 bridgehead atoms. The first-order valence-electron chi connectivity index (χ1n) is 4.43. The van der Waals surface area contributed by atoms with Gasteiger partial charge in [0.2, 0.25) is 0 Å². The molecule has 1 rings (SSSR count). The fourth-order valence-corrected chi connectivity index (χ4v) is 1.47. The van der Waals surface area contributed by atoms with E-state index in [1.165, 1.54) is 12.1 Å². The SMILES string of the molecule is CC(C)(C)NC(=O)c1cc(Cl)nc(Cl)c1. The maximum atomic E-state index is 11.7. The van der Waals surface area contributed by atoms with Crippen LogP contribution in [0.3, 0.4) is 0 Å². The van der Waals surface area contributed by atoms with Gasteiger partial charge in [0.05, 0.1) is 0 Å². The quantitative estimate of drug-likeness (QED) is 0.775. The molecule has 82 valence electrons. The van der Waals surface area contributed by atoms with Crippen LogP contribution in [0.5, 0.6) is 0 Å². The third-order valence-electron chi connectivity index (χ3n) is 1.51. The Morgan fingerprint density at radius 1 is 1.27 bits per heavy atom. The third kappa shape index (κ3) is 4.06. The first-order chi connectivity index (χ1) is 6.78. The van der Waals surface area contributed by atoms with E-state index in [1.807, 2.05) is 20.8 Å². The van der Waals surface area contributed by atoms with Gasteiger partial charge >= 0.3 is 0 Å². The molecule has 0 unspecified atom stereocenters. The predicted octanol–water partition coefficient (Wildman–Crippen LogP) is 2.92. The van der Waals surface area contributed by atoms with Gasteiger partial charge in [-0.15, -0.1) is 0 Å². The van der Waals surface area contributed by atoms with Crippen LogP contribution in [0.15, 0.2) is 12.1 Å². The zero-order valence-electron chi connectivity index (χ0n) is 8.77. The molecule has 0 aliphatic carbocycles. The summed E-state index contributed by atoms with van der Waals surface area (Å²) < 4.78 is 0. The van der Waals surface area contributed by atoms with Gasteiger partial charge in [0.1, 0.15) is 10.3 Å². The summed E-state index contributed by atoms with van der Waals surface area (Å²) >= 11 is 11.4. The van der Waals surface area contributed by atoms with E-state index in [2.05, 4.69) is 10.3 Å². The molecule has 1 heterocycles. The van der Waals surface area contributed by atoms with Crippen LogP contribution in [0.4, 0.5) is 0 Å². The predicted molar refractivity (Wildman–Crippen MR) is 61.5 cm³/mol. The van der Waals surface area contributed by atoms with E-state index in [4.69, 9.17) is 23.2 Å². The van der Waals surface area contributed by atoms with Crippen molar-refractivity contribution in [3.05, 3.63) is 28.0 Å². The fourth-order valence-electron chi connectivity index (χ4n) is 1.01. The van der Waals surface area contributed by atoms with Crippen molar-refractivity contribution in [1.29, 1.82) is 0 Å². The lowest BCUT2D eigenvalue weighted by Gasteiger charge is -2.20. The Kier molecular flexibility index (Phi) is 3.58. The summed E-state index contributed by atoms with van der Waals surface area (Å²) in [6.45, 7) is 5.69. The monoisotopic (exact) mass is 246 g/mol. The number of amides is 1. The average Bonchev–Trinajstić information content (AvgIpc) is 1.98. The van der Waals surface area contributed by atoms with Crippen molar-refractivity contribution >= 4 is 29.1 Å². The van der Waals surface area contributed by atoms with Gasteiger partial charge in [0, 0.05) is 11.1 Å². The highest BCUT2D eigenvalue weighted by molar-refractivity contribution is 6.33. The highest BCUT2D eigenvalue weighted by atomic mass is 35.5. The van der Waals surface area contributed by atoms with Crippen molar-refractivity contribution in [2.45, 2.75) is 26.3 Å². The largest absolute Gasteiger partial charge is 0.347 e. The lowest BCUT2D eigenvalue weighted by molar-refractivity contribution is 0.0919. The second-order valence-electron chi connectivity index (χ2n) is 4.21. The number of carbonyl (C=O) groups excluding carboxylic acids is 1. The normalized spacial score (nSPS) is 11.3. The van der Waals surface area contributed by atoms with Crippen molar-refractivity contribution in [1.82, 2.24) is 10.3 Å². The van der Waals surface area contributed by atoms with Crippen molar-refractivity contribution in [3.8, 4) is 0 Å². The maximum Gasteiger partial charge on any atom is 0.251 e. The molecule has 1 N–H and O–H groups in total. The van der Waals surface area contributed by atoms with Crippen LogP contribution < -0.4 is 5.32 Å². The van der Waals surface area contributed by atoms with Gasteiger partial charge in [0.15, 0.2) is 0 Å². The number of nitrogens with one attached hydrogen (secondary N) is 1. The van der Waals surface area contributed by atoms with Crippen LogP contribution in [-0.2, 0) is 0 Å². The highest BCUT2D eigenvalue weighted by Crippen LogP contribution is 2.15. The van der Waals surface area contributed by atoms with E-state index in [1.54, 1.807) is 0 Å². The van der Waals surface area contributed by atoms with Gasteiger partial charge < -0.3 is 5.32 Å². The second kappa shape index (κ2) is 4.37. The number of rotatable bonds is 1. The molecule has 1 amide bonds. The molecular weight excluding hydrogens is 235 g/mol. The summed E-state index contributed by atoms with van der Waals surface area (Å²) in [5.74, 6) is -0.214. The molecule has 0 aliphatic heterocycles. The molecule has 0 fully saturated rings. The summed E-state index contributed by atoms with van der Waals surface area (Å²) in [6, 6.07) is 2.96. The summed E-state index contributed by atoms with van der Waals surface area (Å²) in [5.41, 5.74) is 0.120. The van der Waals surface area contributed by atoms with Crippen molar-refractivity contribution in [2.24, 2.45) is 0 Å². The van der Waals surface area contributed by atoms with E-state index >= 15 is 0 Å².